The van der Waals surface area contributed by atoms with Crippen LogP contribution >= 0.6 is 11.8 Å². The number of carboxylic acid groups (broad SMARTS) is 1. The number of rotatable bonds is 6. The molecule has 0 unspecified atom stereocenters. The van der Waals surface area contributed by atoms with Gasteiger partial charge in [0.05, 0.1) is 5.75 Å². The quantitative estimate of drug-likeness (QED) is 0.580. The van der Waals surface area contributed by atoms with Gasteiger partial charge in [0.15, 0.2) is 5.82 Å². The average Bonchev–Trinajstić information content (AvgIpc) is 2.76. The topological polar surface area (TPSA) is 107 Å². The summed E-state index contributed by atoms with van der Waals surface area (Å²) in [5.74, 6) is 5.42. The molecular weight excluding hydrogens is 266 g/mol. The first kappa shape index (κ1) is 13.3. The van der Waals surface area contributed by atoms with Gasteiger partial charge in [-0.3, -0.25) is 9.78 Å². The summed E-state index contributed by atoms with van der Waals surface area (Å²) in [4.78, 5) is 14.7. The molecule has 0 aliphatic heterocycles. The van der Waals surface area contributed by atoms with Crippen LogP contribution in [0.1, 0.15) is 11.5 Å². The van der Waals surface area contributed by atoms with Crippen molar-refractivity contribution >= 4 is 17.7 Å². The third-order valence-corrected chi connectivity index (χ3v) is 3.32. The molecule has 0 spiro atoms. The van der Waals surface area contributed by atoms with Crippen LogP contribution in [0.4, 0.5) is 0 Å². The highest BCUT2D eigenvalue weighted by Crippen LogP contribution is 2.14. The molecule has 0 aliphatic carbocycles. The highest BCUT2D eigenvalue weighted by atomic mass is 32.2. The van der Waals surface area contributed by atoms with Crippen molar-refractivity contribution in [2.45, 2.75) is 18.0 Å². The van der Waals surface area contributed by atoms with E-state index in [4.69, 9.17) is 10.9 Å². The SMILES string of the molecule is Nn1c(CCc2ccccn2)nnc1SCC(=O)O. The lowest BCUT2D eigenvalue weighted by molar-refractivity contribution is -0.133. The number of pyridine rings is 1. The van der Waals surface area contributed by atoms with Gasteiger partial charge in [0.25, 0.3) is 0 Å². The summed E-state index contributed by atoms with van der Waals surface area (Å²) in [5, 5.41) is 16.8. The van der Waals surface area contributed by atoms with Crippen LogP contribution in [0, 0.1) is 0 Å². The summed E-state index contributed by atoms with van der Waals surface area (Å²) in [6.45, 7) is 0. The highest BCUT2D eigenvalue weighted by molar-refractivity contribution is 7.99. The van der Waals surface area contributed by atoms with E-state index in [-0.39, 0.29) is 5.75 Å². The number of aliphatic carboxylic acids is 1. The first-order valence-electron chi connectivity index (χ1n) is 5.60. The maximum absolute atomic E-state index is 10.5. The molecule has 0 aromatic carbocycles. The van der Waals surface area contributed by atoms with Gasteiger partial charge in [0.2, 0.25) is 5.16 Å². The Bertz CT molecular complexity index is 557. The number of hydrogen-bond donors (Lipinski definition) is 2. The second kappa shape index (κ2) is 6.19. The largest absolute Gasteiger partial charge is 0.481 e. The Hall–Kier alpha value is -2.09. The number of nitrogens with two attached hydrogens (primary N) is 1. The third kappa shape index (κ3) is 3.68. The fraction of sp³-hybridized carbons (Fsp3) is 0.273. The maximum Gasteiger partial charge on any atom is 0.313 e. The predicted molar refractivity (Wildman–Crippen MR) is 70.2 cm³/mol. The van der Waals surface area contributed by atoms with Crippen LogP contribution in [0.3, 0.4) is 0 Å². The lowest BCUT2D eigenvalue weighted by atomic mass is 10.2. The van der Waals surface area contributed by atoms with Crippen molar-refractivity contribution in [2.24, 2.45) is 0 Å². The molecular formula is C11H13N5O2S. The zero-order valence-corrected chi connectivity index (χ0v) is 10.9. The van der Waals surface area contributed by atoms with E-state index in [0.717, 1.165) is 17.5 Å². The van der Waals surface area contributed by atoms with E-state index in [2.05, 4.69) is 15.2 Å². The lowest BCUT2D eigenvalue weighted by Crippen LogP contribution is -2.15. The summed E-state index contributed by atoms with van der Waals surface area (Å²) in [6, 6.07) is 5.70. The van der Waals surface area contributed by atoms with Gasteiger partial charge >= 0.3 is 5.97 Å². The molecule has 3 N–H and O–H groups in total. The van der Waals surface area contributed by atoms with E-state index in [0.29, 0.717) is 23.8 Å². The maximum atomic E-state index is 10.5. The standard InChI is InChI=1S/C11H13N5O2S/c12-16-9(5-4-8-3-1-2-6-13-8)14-15-11(16)19-7-10(17)18/h1-3,6H,4-5,7,12H2,(H,17,18). The number of thioether (sulfide) groups is 1. The van der Waals surface area contributed by atoms with E-state index >= 15 is 0 Å². The van der Waals surface area contributed by atoms with E-state index < -0.39 is 5.97 Å². The summed E-state index contributed by atoms with van der Waals surface area (Å²) in [7, 11) is 0. The van der Waals surface area contributed by atoms with Crippen molar-refractivity contribution in [3.05, 3.63) is 35.9 Å². The van der Waals surface area contributed by atoms with Gasteiger partial charge in [0.1, 0.15) is 0 Å². The molecule has 0 amide bonds. The van der Waals surface area contributed by atoms with Crippen molar-refractivity contribution in [1.82, 2.24) is 19.9 Å². The van der Waals surface area contributed by atoms with Gasteiger partial charge in [-0.05, 0) is 18.6 Å². The minimum atomic E-state index is -0.914. The van der Waals surface area contributed by atoms with Crippen molar-refractivity contribution < 1.29 is 9.90 Å². The van der Waals surface area contributed by atoms with Gasteiger partial charge in [-0.2, -0.15) is 0 Å². The first-order valence-corrected chi connectivity index (χ1v) is 6.59. The van der Waals surface area contributed by atoms with Crippen molar-refractivity contribution in [3.8, 4) is 0 Å². The van der Waals surface area contributed by atoms with Crippen molar-refractivity contribution in [3.63, 3.8) is 0 Å². The molecule has 0 bridgehead atoms. The van der Waals surface area contributed by atoms with Crippen LogP contribution in [-0.2, 0) is 17.6 Å². The molecule has 8 heteroatoms. The molecule has 0 radical (unpaired) electrons. The lowest BCUT2D eigenvalue weighted by Gasteiger charge is -2.02. The Morgan fingerprint density at radius 1 is 1.37 bits per heavy atom. The second-order valence-electron chi connectivity index (χ2n) is 3.77. The highest BCUT2D eigenvalue weighted by Gasteiger charge is 2.11. The fourth-order valence-corrected chi connectivity index (χ4v) is 2.08. The number of carboxylic acids is 1. The van der Waals surface area contributed by atoms with E-state index in [1.54, 1.807) is 6.20 Å². The van der Waals surface area contributed by atoms with Crippen LogP contribution in [0.2, 0.25) is 0 Å². The Labute approximate surface area is 113 Å². The van der Waals surface area contributed by atoms with Crippen molar-refractivity contribution in [1.29, 1.82) is 0 Å². The van der Waals surface area contributed by atoms with Gasteiger partial charge in [0, 0.05) is 18.3 Å². The normalized spacial score (nSPS) is 10.5. The molecule has 2 heterocycles. The van der Waals surface area contributed by atoms with Gasteiger partial charge in [-0.25, -0.2) is 4.68 Å². The number of aryl methyl sites for hydroxylation is 2. The summed E-state index contributed by atoms with van der Waals surface area (Å²) < 4.78 is 1.33. The zero-order chi connectivity index (χ0) is 13.7. The molecule has 2 aromatic heterocycles. The number of nitrogens with zero attached hydrogens (tertiary/aromatic N) is 4. The number of carbonyl (C=O) groups is 1. The molecule has 0 fully saturated rings. The molecule has 0 saturated heterocycles. The molecule has 2 rings (SSSR count). The molecule has 0 atom stereocenters. The number of aromatic nitrogens is 4. The Balaban J connectivity index is 1.96. The minimum Gasteiger partial charge on any atom is -0.481 e. The molecule has 19 heavy (non-hydrogen) atoms. The Morgan fingerprint density at radius 2 is 2.21 bits per heavy atom. The summed E-state index contributed by atoms with van der Waals surface area (Å²) in [5.41, 5.74) is 0.949. The fourth-order valence-electron chi connectivity index (χ4n) is 1.49. The van der Waals surface area contributed by atoms with Crippen LogP contribution in [0.25, 0.3) is 0 Å². The van der Waals surface area contributed by atoms with E-state index in [1.165, 1.54) is 4.68 Å². The average molecular weight is 279 g/mol. The molecule has 0 saturated carbocycles. The van der Waals surface area contributed by atoms with Crippen LogP contribution < -0.4 is 5.84 Å². The van der Waals surface area contributed by atoms with Gasteiger partial charge in [-0.15, -0.1) is 10.2 Å². The van der Waals surface area contributed by atoms with Crippen LogP contribution in [-0.4, -0.2) is 36.7 Å². The van der Waals surface area contributed by atoms with Gasteiger partial charge in [-0.1, -0.05) is 17.8 Å². The van der Waals surface area contributed by atoms with Crippen LogP contribution in [0.5, 0.6) is 0 Å². The Kier molecular flexibility index (Phi) is 4.35. The minimum absolute atomic E-state index is 0.0877. The zero-order valence-electron chi connectivity index (χ0n) is 10.1. The van der Waals surface area contributed by atoms with Gasteiger partial charge < -0.3 is 10.9 Å². The monoisotopic (exact) mass is 279 g/mol. The third-order valence-electron chi connectivity index (χ3n) is 2.39. The van der Waals surface area contributed by atoms with E-state index in [1.807, 2.05) is 18.2 Å². The molecule has 0 aliphatic rings. The smallest absolute Gasteiger partial charge is 0.313 e. The summed E-state index contributed by atoms with van der Waals surface area (Å²) in [6.07, 6.45) is 3.05. The van der Waals surface area contributed by atoms with Crippen LogP contribution in [0.15, 0.2) is 29.6 Å². The molecule has 2 aromatic rings. The van der Waals surface area contributed by atoms with E-state index in [9.17, 15) is 4.79 Å². The Morgan fingerprint density at radius 3 is 2.89 bits per heavy atom. The molecule has 100 valence electrons. The number of hydrogen-bond acceptors (Lipinski definition) is 6. The predicted octanol–water partition coefficient (Wildman–Crippen LogP) is 0.349. The second-order valence-corrected chi connectivity index (χ2v) is 4.71. The van der Waals surface area contributed by atoms with Crippen molar-refractivity contribution in [2.75, 3.05) is 11.6 Å². The molecule has 7 nitrogen and oxygen atoms in total. The summed E-state index contributed by atoms with van der Waals surface area (Å²) >= 11 is 1.05. The first-order chi connectivity index (χ1) is 9.16. The number of nitrogen functional groups attached to an aromatic ring is 1.